The van der Waals surface area contributed by atoms with Gasteiger partial charge in [-0.15, -0.1) is 0 Å². The molecular formula is C15H9Cl2NO2S2. The van der Waals surface area contributed by atoms with Gasteiger partial charge < -0.3 is 4.42 Å². The van der Waals surface area contributed by atoms with Gasteiger partial charge in [-0.25, -0.2) is 0 Å². The topological polar surface area (TPSA) is 33.5 Å². The maximum atomic E-state index is 12.5. The predicted molar refractivity (Wildman–Crippen MR) is 93.9 cm³/mol. The molecular weight excluding hydrogens is 361 g/mol. The van der Waals surface area contributed by atoms with Gasteiger partial charge in [0.05, 0.1) is 17.7 Å². The summed E-state index contributed by atoms with van der Waals surface area (Å²) in [5.74, 6) is 0.527. The summed E-state index contributed by atoms with van der Waals surface area (Å²) >= 11 is 18.5. The van der Waals surface area contributed by atoms with Gasteiger partial charge in [-0.05, 0) is 35.9 Å². The Labute approximate surface area is 146 Å². The van der Waals surface area contributed by atoms with Crippen LogP contribution in [0.15, 0.2) is 45.9 Å². The SMILES string of the molecule is O=C1/C(=C\c2ccc(Cl)cc2Cl)SC(=S)N1Cc1ccco1. The van der Waals surface area contributed by atoms with Crippen LogP contribution in [-0.2, 0) is 11.3 Å². The quantitative estimate of drug-likeness (QED) is 0.563. The van der Waals surface area contributed by atoms with Crippen molar-refractivity contribution in [3.05, 3.63) is 62.9 Å². The summed E-state index contributed by atoms with van der Waals surface area (Å²) in [5, 5.41) is 1.04. The average Bonchev–Trinajstić information content (AvgIpc) is 3.06. The van der Waals surface area contributed by atoms with E-state index in [1.165, 1.54) is 16.7 Å². The molecule has 1 aromatic heterocycles. The number of carbonyl (C=O) groups is 1. The second-order valence-corrected chi connectivity index (χ2v) is 7.03. The first-order valence-electron chi connectivity index (χ1n) is 6.27. The molecule has 2 aromatic rings. The maximum absolute atomic E-state index is 12.5. The predicted octanol–water partition coefficient (Wildman–Crippen LogP) is 4.99. The number of rotatable bonds is 3. The smallest absolute Gasteiger partial charge is 0.266 e. The summed E-state index contributed by atoms with van der Waals surface area (Å²) in [6, 6.07) is 8.71. The molecule has 2 heterocycles. The number of halogens is 2. The molecule has 1 aliphatic heterocycles. The van der Waals surface area contributed by atoms with Crippen LogP contribution >= 0.6 is 47.2 Å². The highest BCUT2D eigenvalue weighted by atomic mass is 35.5. The molecule has 0 unspecified atom stereocenters. The number of hydrogen-bond donors (Lipinski definition) is 0. The Hall–Kier alpha value is -1.27. The van der Waals surface area contributed by atoms with E-state index >= 15 is 0 Å². The number of amides is 1. The van der Waals surface area contributed by atoms with Gasteiger partial charge in [0.15, 0.2) is 0 Å². The minimum atomic E-state index is -0.155. The van der Waals surface area contributed by atoms with Gasteiger partial charge in [0, 0.05) is 10.0 Å². The van der Waals surface area contributed by atoms with Crippen molar-refractivity contribution >= 4 is 63.5 Å². The van der Waals surface area contributed by atoms with Crippen molar-refractivity contribution in [2.75, 3.05) is 0 Å². The first-order chi connectivity index (χ1) is 10.5. The first-order valence-corrected chi connectivity index (χ1v) is 8.25. The Morgan fingerprint density at radius 3 is 2.82 bits per heavy atom. The van der Waals surface area contributed by atoms with Crippen LogP contribution in [0, 0.1) is 0 Å². The van der Waals surface area contributed by atoms with Gasteiger partial charge in [0.1, 0.15) is 10.1 Å². The number of carbonyl (C=O) groups excluding carboxylic acids is 1. The second kappa shape index (κ2) is 6.46. The summed E-state index contributed by atoms with van der Waals surface area (Å²) in [4.78, 5) is 14.5. The standard InChI is InChI=1S/C15H9Cl2NO2S2/c16-10-4-3-9(12(17)7-10)6-13-14(19)18(15(21)22-13)8-11-2-1-5-20-11/h1-7H,8H2/b13-6+. The summed E-state index contributed by atoms with van der Waals surface area (Å²) in [7, 11) is 0. The van der Waals surface area contributed by atoms with Gasteiger partial charge in [0.2, 0.25) is 0 Å². The maximum Gasteiger partial charge on any atom is 0.266 e. The molecule has 1 aliphatic rings. The van der Waals surface area contributed by atoms with Crippen LogP contribution in [0.5, 0.6) is 0 Å². The monoisotopic (exact) mass is 369 g/mol. The Balaban J connectivity index is 1.85. The van der Waals surface area contributed by atoms with Crippen LogP contribution in [0.1, 0.15) is 11.3 Å². The van der Waals surface area contributed by atoms with Crippen molar-refractivity contribution in [2.24, 2.45) is 0 Å². The second-order valence-electron chi connectivity index (χ2n) is 4.51. The normalized spacial score (nSPS) is 16.8. The Bertz CT molecular complexity index is 772. The van der Waals surface area contributed by atoms with Crippen molar-refractivity contribution in [2.45, 2.75) is 6.54 Å². The third-order valence-electron chi connectivity index (χ3n) is 3.02. The highest BCUT2D eigenvalue weighted by Gasteiger charge is 2.32. The summed E-state index contributed by atoms with van der Waals surface area (Å²) in [6.07, 6.45) is 3.29. The van der Waals surface area contributed by atoms with Crippen LogP contribution in [-0.4, -0.2) is 15.1 Å². The summed E-state index contributed by atoms with van der Waals surface area (Å²) in [6.45, 7) is 0.323. The third-order valence-corrected chi connectivity index (χ3v) is 4.96. The summed E-state index contributed by atoms with van der Waals surface area (Å²) in [5.41, 5.74) is 0.726. The van der Waals surface area contributed by atoms with E-state index in [0.717, 1.165) is 5.56 Å². The number of hydrogen-bond acceptors (Lipinski definition) is 4. The molecule has 0 N–H and O–H groups in total. The van der Waals surface area contributed by atoms with Gasteiger partial charge >= 0.3 is 0 Å². The van der Waals surface area contributed by atoms with Crippen LogP contribution in [0.4, 0.5) is 0 Å². The lowest BCUT2D eigenvalue weighted by Gasteiger charge is -2.12. The number of thiocarbonyl (C=S) groups is 1. The Kier molecular flexibility index (Phi) is 4.59. The fourth-order valence-corrected chi connectivity index (χ4v) is 3.66. The van der Waals surface area contributed by atoms with Crippen LogP contribution < -0.4 is 0 Å². The van der Waals surface area contributed by atoms with Crippen LogP contribution in [0.2, 0.25) is 10.0 Å². The zero-order valence-electron chi connectivity index (χ0n) is 11.1. The van der Waals surface area contributed by atoms with Crippen molar-refractivity contribution in [1.29, 1.82) is 0 Å². The van der Waals surface area contributed by atoms with Crippen molar-refractivity contribution in [1.82, 2.24) is 4.90 Å². The van der Waals surface area contributed by atoms with Gasteiger partial charge in [-0.1, -0.05) is 53.2 Å². The lowest BCUT2D eigenvalue weighted by atomic mass is 10.2. The van der Waals surface area contributed by atoms with Crippen molar-refractivity contribution in [3.63, 3.8) is 0 Å². The molecule has 7 heteroatoms. The van der Waals surface area contributed by atoms with E-state index in [1.807, 2.05) is 0 Å². The fraction of sp³-hybridized carbons (Fsp3) is 0.0667. The highest BCUT2D eigenvalue weighted by Crippen LogP contribution is 2.35. The minimum Gasteiger partial charge on any atom is -0.467 e. The lowest BCUT2D eigenvalue weighted by Crippen LogP contribution is -2.27. The molecule has 3 rings (SSSR count). The Morgan fingerprint density at radius 2 is 2.14 bits per heavy atom. The minimum absolute atomic E-state index is 0.155. The first kappa shape index (κ1) is 15.6. The van der Waals surface area contributed by atoms with E-state index < -0.39 is 0 Å². The molecule has 1 amide bonds. The van der Waals surface area contributed by atoms with E-state index in [9.17, 15) is 4.79 Å². The molecule has 0 radical (unpaired) electrons. The van der Waals surface area contributed by atoms with Crippen molar-refractivity contribution in [3.8, 4) is 0 Å². The lowest BCUT2D eigenvalue weighted by molar-refractivity contribution is -0.122. The number of nitrogens with zero attached hydrogens (tertiary/aromatic N) is 1. The molecule has 0 bridgehead atoms. The molecule has 22 heavy (non-hydrogen) atoms. The van der Waals surface area contributed by atoms with Gasteiger partial charge in [0.25, 0.3) is 5.91 Å². The molecule has 112 valence electrons. The van der Waals surface area contributed by atoms with Crippen molar-refractivity contribution < 1.29 is 9.21 Å². The van der Waals surface area contributed by atoms with Crippen LogP contribution in [0.3, 0.4) is 0 Å². The molecule has 0 atom stereocenters. The van der Waals surface area contributed by atoms with Crippen LogP contribution in [0.25, 0.3) is 6.08 Å². The average molecular weight is 370 g/mol. The Morgan fingerprint density at radius 1 is 1.32 bits per heavy atom. The van der Waals surface area contributed by atoms with E-state index in [1.54, 1.807) is 42.7 Å². The third kappa shape index (κ3) is 3.22. The van der Waals surface area contributed by atoms with Gasteiger partial charge in [-0.3, -0.25) is 9.69 Å². The van der Waals surface area contributed by atoms with E-state index in [2.05, 4.69) is 0 Å². The van der Waals surface area contributed by atoms with E-state index in [0.29, 0.717) is 31.6 Å². The zero-order valence-corrected chi connectivity index (χ0v) is 14.2. The van der Waals surface area contributed by atoms with E-state index in [-0.39, 0.29) is 5.91 Å². The molecule has 0 aliphatic carbocycles. The molecule has 1 fully saturated rings. The summed E-state index contributed by atoms with van der Waals surface area (Å²) < 4.78 is 5.76. The number of thioether (sulfide) groups is 1. The molecule has 0 spiro atoms. The van der Waals surface area contributed by atoms with Gasteiger partial charge in [-0.2, -0.15) is 0 Å². The van der Waals surface area contributed by atoms with E-state index in [4.69, 9.17) is 39.8 Å². The number of furan rings is 1. The molecule has 0 saturated carbocycles. The molecule has 1 aromatic carbocycles. The molecule has 3 nitrogen and oxygen atoms in total. The number of benzene rings is 1. The largest absolute Gasteiger partial charge is 0.467 e. The molecule has 1 saturated heterocycles. The zero-order chi connectivity index (χ0) is 15.7. The highest BCUT2D eigenvalue weighted by molar-refractivity contribution is 8.26. The fourth-order valence-electron chi connectivity index (χ4n) is 1.95.